The average Bonchev–Trinajstić information content (AvgIpc) is 3.13. The summed E-state index contributed by atoms with van der Waals surface area (Å²) in [6, 6.07) is 38.0. The second-order valence-corrected chi connectivity index (χ2v) is 11.8. The highest BCUT2D eigenvalue weighted by Gasteiger charge is 2.28. The van der Waals surface area contributed by atoms with Crippen LogP contribution in [0.25, 0.3) is 0 Å². The van der Waals surface area contributed by atoms with Gasteiger partial charge in [-0.3, -0.25) is 0 Å². The molecular formula is C40H50N2O4. The molecule has 46 heavy (non-hydrogen) atoms. The molecule has 4 aromatic carbocycles. The summed E-state index contributed by atoms with van der Waals surface area (Å²) in [6.07, 6.45) is 2.24. The summed E-state index contributed by atoms with van der Waals surface area (Å²) in [5.74, 6) is 2.62. The fourth-order valence-electron chi connectivity index (χ4n) is 6.43. The quantitative estimate of drug-likeness (QED) is 0.181. The predicted octanol–water partition coefficient (Wildman–Crippen LogP) is 6.80. The molecule has 2 aliphatic heterocycles. The van der Waals surface area contributed by atoms with Gasteiger partial charge in [-0.25, -0.2) is 0 Å². The van der Waals surface area contributed by atoms with Crippen LogP contribution >= 0.6 is 0 Å². The van der Waals surface area contributed by atoms with E-state index in [1.165, 1.54) is 22.3 Å². The summed E-state index contributed by atoms with van der Waals surface area (Å²) in [6.45, 7) is 10.7. The fraction of sp³-hybridized carbons (Fsp3) is 0.400. The van der Waals surface area contributed by atoms with Crippen molar-refractivity contribution in [2.75, 3.05) is 52.6 Å². The van der Waals surface area contributed by atoms with E-state index < -0.39 is 0 Å². The normalized spacial score (nSPS) is 19.3. The zero-order chi connectivity index (χ0) is 31.8. The molecule has 0 spiro atoms. The highest BCUT2D eigenvalue weighted by Crippen LogP contribution is 2.32. The standard InChI is InChI=1S/2C20H25NO2/c2*1-2-22-19-11-7-6-10-17(19)14-18(16-8-4-3-5-9-16)20-15-21-12-13-23-20/h2*3-11,18,20-21H,2,12-15H2,1H3/t2*18-,20-/m10/s1. The smallest absolute Gasteiger partial charge is 0.122 e. The minimum Gasteiger partial charge on any atom is -0.494 e. The monoisotopic (exact) mass is 622 g/mol. The first-order valence-electron chi connectivity index (χ1n) is 16.9. The van der Waals surface area contributed by atoms with E-state index in [9.17, 15) is 0 Å². The number of nitrogens with one attached hydrogen (secondary N) is 2. The second-order valence-electron chi connectivity index (χ2n) is 11.8. The molecule has 0 bridgehead atoms. The van der Waals surface area contributed by atoms with Gasteiger partial charge in [0.2, 0.25) is 0 Å². The molecule has 0 saturated carbocycles. The molecule has 244 valence electrons. The summed E-state index contributed by atoms with van der Waals surface area (Å²) >= 11 is 0. The van der Waals surface area contributed by atoms with Crippen molar-refractivity contribution in [2.45, 2.75) is 50.7 Å². The van der Waals surface area contributed by atoms with Crippen LogP contribution in [0, 0.1) is 0 Å². The Bertz CT molecular complexity index is 1300. The van der Waals surface area contributed by atoms with E-state index in [0.717, 1.165) is 63.7 Å². The Morgan fingerprint density at radius 1 is 0.565 bits per heavy atom. The van der Waals surface area contributed by atoms with E-state index in [1.54, 1.807) is 0 Å². The largest absolute Gasteiger partial charge is 0.494 e. The number of benzene rings is 4. The van der Waals surface area contributed by atoms with Crippen molar-refractivity contribution in [2.24, 2.45) is 0 Å². The Morgan fingerprint density at radius 2 is 0.957 bits per heavy atom. The van der Waals surface area contributed by atoms with Gasteiger partial charge in [-0.2, -0.15) is 0 Å². The number of rotatable bonds is 12. The number of ether oxygens (including phenoxy) is 4. The zero-order valence-corrected chi connectivity index (χ0v) is 27.4. The van der Waals surface area contributed by atoms with Crippen molar-refractivity contribution in [3.05, 3.63) is 131 Å². The predicted molar refractivity (Wildman–Crippen MR) is 186 cm³/mol. The lowest BCUT2D eigenvalue weighted by molar-refractivity contribution is 0.0108. The first-order chi connectivity index (χ1) is 22.8. The Balaban J connectivity index is 0.000000181. The SMILES string of the molecule is CCOc1ccccc1C[C@@H](c1ccccc1)[C@@H]1CNCCO1.CCOc1ccccc1C[C@H](c1ccccc1)[C@H]1CNCCO1. The van der Waals surface area contributed by atoms with E-state index in [1.807, 2.05) is 26.0 Å². The first kappa shape index (κ1) is 33.7. The van der Waals surface area contributed by atoms with E-state index in [2.05, 4.69) is 108 Å². The third kappa shape index (κ3) is 9.66. The Hall–Kier alpha value is -3.68. The minimum absolute atomic E-state index is 0.195. The van der Waals surface area contributed by atoms with Gasteiger partial charge in [-0.05, 0) is 61.1 Å². The van der Waals surface area contributed by atoms with Crippen molar-refractivity contribution in [3.8, 4) is 11.5 Å². The van der Waals surface area contributed by atoms with Gasteiger partial charge in [0.25, 0.3) is 0 Å². The van der Waals surface area contributed by atoms with Gasteiger partial charge in [0.1, 0.15) is 11.5 Å². The molecule has 6 heteroatoms. The van der Waals surface area contributed by atoms with E-state index in [-0.39, 0.29) is 12.2 Å². The second kappa shape index (κ2) is 18.5. The van der Waals surface area contributed by atoms with Crippen molar-refractivity contribution in [3.63, 3.8) is 0 Å². The van der Waals surface area contributed by atoms with Crippen LogP contribution in [0.15, 0.2) is 109 Å². The van der Waals surface area contributed by atoms with Crippen molar-refractivity contribution in [1.29, 1.82) is 0 Å². The number of hydrogen-bond donors (Lipinski definition) is 2. The fourth-order valence-corrected chi connectivity index (χ4v) is 6.43. The third-order valence-electron chi connectivity index (χ3n) is 8.69. The Morgan fingerprint density at radius 3 is 1.33 bits per heavy atom. The molecule has 2 saturated heterocycles. The molecule has 2 aliphatic rings. The minimum atomic E-state index is 0.195. The maximum atomic E-state index is 6.06. The average molecular weight is 623 g/mol. The molecule has 6 rings (SSSR count). The molecule has 2 fully saturated rings. The summed E-state index contributed by atoms with van der Waals surface area (Å²) in [5.41, 5.74) is 5.15. The van der Waals surface area contributed by atoms with Crippen LogP contribution in [0.1, 0.15) is 47.9 Å². The van der Waals surface area contributed by atoms with Crippen molar-refractivity contribution < 1.29 is 18.9 Å². The van der Waals surface area contributed by atoms with E-state index in [4.69, 9.17) is 18.9 Å². The van der Waals surface area contributed by atoms with Crippen LogP contribution in [0.5, 0.6) is 11.5 Å². The van der Waals surface area contributed by atoms with Crippen LogP contribution in [-0.2, 0) is 22.3 Å². The zero-order valence-electron chi connectivity index (χ0n) is 27.4. The van der Waals surface area contributed by atoms with Crippen LogP contribution in [0.4, 0.5) is 0 Å². The molecule has 2 heterocycles. The highest BCUT2D eigenvalue weighted by atomic mass is 16.5. The third-order valence-corrected chi connectivity index (χ3v) is 8.69. The van der Waals surface area contributed by atoms with Crippen LogP contribution in [0.3, 0.4) is 0 Å². The molecule has 2 N–H and O–H groups in total. The summed E-state index contributed by atoms with van der Waals surface area (Å²) < 4.78 is 23.7. The Labute approximate surface area is 275 Å². The topological polar surface area (TPSA) is 61.0 Å². The van der Waals surface area contributed by atoms with Gasteiger partial charge < -0.3 is 29.6 Å². The summed E-state index contributed by atoms with van der Waals surface area (Å²) in [7, 11) is 0. The van der Waals surface area contributed by atoms with Crippen LogP contribution in [0.2, 0.25) is 0 Å². The molecule has 0 aliphatic carbocycles. The molecular weight excluding hydrogens is 572 g/mol. The lowest BCUT2D eigenvalue weighted by Gasteiger charge is -2.32. The van der Waals surface area contributed by atoms with Crippen LogP contribution in [-0.4, -0.2) is 64.8 Å². The number of morpholine rings is 2. The lowest BCUT2D eigenvalue weighted by Crippen LogP contribution is -2.42. The first-order valence-corrected chi connectivity index (χ1v) is 16.9. The highest BCUT2D eigenvalue weighted by molar-refractivity contribution is 5.37. The van der Waals surface area contributed by atoms with Crippen molar-refractivity contribution >= 4 is 0 Å². The number of hydrogen-bond acceptors (Lipinski definition) is 6. The molecule has 4 aromatic rings. The molecule has 0 unspecified atom stereocenters. The maximum Gasteiger partial charge on any atom is 0.122 e. The molecule has 0 amide bonds. The molecule has 6 nitrogen and oxygen atoms in total. The lowest BCUT2D eigenvalue weighted by atomic mass is 9.86. The van der Waals surface area contributed by atoms with Crippen LogP contribution < -0.4 is 20.1 Å². The van der Waals surface area contributed by atoms with Gasteiger partial charge in [-0.15, -0.1) is 0 Å². The van der Waals surface area contributed by atoms with Gasteiger partial charge >= 0.3 is 0 Å². The molecule has 0 aromatic heterocycles. The maximum absolute atomic E-state index is 6.06. The Kier molecular flexibility index (Phi) is 13.5. The summed E-state index contributed by atoms with van der Waals surface area (Å²) in [5, 5.41) is 6.91. The van der Waals surface area contributed by atoms with Gasteiger partial charge in [-0.1, -0.05) is 97.1 Å². The molecule has 0 radical (unpaired) electrons. The van der Waals surface area contributed by atoms with E-state index >= 15 is 0 Å². The number of para-hydroxylation sites is 2. The summed E-state index contributed by atoms with van der Waals surface area (Å²) in [4.78, 5) is 0. The van der Waals surface area contributed by atoms with Gasteiger partial charge in [0, 0.05) is 38.0 Å². The van der Waals surface area contributed by atoms with Gasteiger partial charge in [0.15, 0.2) is 0 Å². The van der Waals surface area contributed by atoms with E-state index in [0.29, 0.717) is 25.0 Å². The van der Waals surface area contributed by atoms with Crippen molar-refractivity contribution in [1.82, 2.24) is 10.6 Å². The van der Waals surface area contributed by atoms with Gasteiger partial charge in [0.05, 0.1) is 38.6 Å². The molecule has 4 atom stereocenters.